The SMILES string of the molecule is COC(=O)C(CO)NC(=O)CCC1CCCCO1. The van der Waals surface area contributed by atoms with Gasteiger partial charge >= 0.3 is 5.97 Å². The highest BCUT2D eigenvalue weighted by molar-refractivity contribution is 5.84. The van der Waals surface area contributed by atoms with Crippen molar-refractivity contribution in [3.63, 3.8) is 0 Å². The molecule has 2 unspecified atom stereocenters. The van der Waals surface area contributed by atoms with Gasteiger partial charge < -0.3 is 19.9 Å². The standard InChI is InChI=1S/C12H21NO5/c1-17-12(16)10(8-14)13-11(15)6-5-9-4-2-3-7-18-9/h9-10,14H,2-8H2,1H3,(H,13,15). The fourth-order valence-electron chi connectivity index (χ4n) is 1.92. The average Bonchev–Trinajstić information content (AvgIpc) is 2.42. The number of amides is 1. The van der Waals surface area contributed by atoms with Crippen LogP contribution in [0.15, 0.2) is 0 Å². The molecular formula is C12H21NO5. The van der Waals surface area contributed by atoms with Gasteiger partial charge in [0.25, 0.3) is 0 Å². The maximum atomic E-state index is 11.6. The quantitative estimate of drug-likeness (QED) is 0.655. The molecule has 0 aliphatic carbocycles. The van der Waals surface area contributed by atoms with Crippen LogP contribution >= 0.6 is 0 Å². The van der Waals surface area contributed by atoms with Crippen molar-refractivity contribution in [2.45, 2.75) is 44.2 Å². The summed E-state index contributed by atoms with van der Waals surface area (Å²) in [6.07, 6.45) is 4.26. The predicted molar refractivity (Wildman–Crippen MR) is 63.9 cm³/mol. The van der Waals surface area contributed by atoms with Crippen LogP contribution in [-0.4, -0.2) is 49.5 Å². The Morgan fingerprint density at radius 1 is 1.50 bits per heavy atom. The topological polar surface area (TPSA) is 84.9 Å². The molecule has 0 aromatic carbocycles. The molecule has 0 aromatic rings. The summed E-state index contributed by atoms with van der Waals surface area (Å²) in [5, 5.41) is 11.4. The number of carbonyl (C=O) groups is 2. The Hall–Kier alpha value is -1.14. The van der Waals surface area contributed by atoms with Gasteiger partial charge in [0.15, 0.2) is 6.04 Å². The Labute approximate surface area is 107 Å². The molecule has 104 valence electrons. The summed E-state index contributed by atoms with van der Waals surface area (Å²) in [7, 11) is 1.22. The van der Waals surface area contributed by atoms with E-state index in [1.165, 1.54) is 7.11 Å². The third kappa shape index (κ3) is 5.01. The van der Waals surface area contributed by atoms with Crippen LogP contribution in [0.25, 0.3) is 0 Å². The van der Waals surface area contributed by atoms with Crippen LogP contribution in [0.3, 0.4) is 0 Å². The van der Waals surface area contributed by atoms with Gasteiger partial charge in [-0.05, 0) is 25.7 Å². The van der Waals surface area contributed by atoms with E-state index in [-0.39, 0.29) is 18.4 Å². The van der Waals surface area contributed by atoms with E-state index in [0.717, 1.165) is 25.9 Å². The lowest BCUT2D eigenvalue weighted by atomic mass is 10.0. The highest BCUT2D eigenvalue weighted by atomic mass is 16.5. The first-order valence-corrected chi connectivity index (χ1v) is 6.27. The zero-order chi connectivity index (χ0) is 13.4. The minimum absolute atomic E-state index is 0.134. The fraction of sp³-hybridized carbons (Fsp3) is 0.833. The molecule has 0 aromatic heterocycles. The summed E-state index contributed by atoms with van der Waals surface area (Å²) >= 11 is 0. The second-order valence-corrected chi connectivity index (χ2v) is 4.35. The first kappa shape index (κ1) is 14.9. The molecule has 2 N–H and O–H groups in total. The van der Waals surface area contributed by atoms with Crippen molar-refractivity contribution >= 4 is 11.9 Å². The lowest BCUT2D eigenvalue weighted by Gasteiger charge is -2.22. The molecular weight excluding hydrogens is 238 g/mol. The van der Waals surface area contributed by atoms with E-state index in [4.69, 9.17) is 9.84 Å². The molecule has 0 bridgehead atoms. The summed E-state index contributed by atoms with van der Waals surface area (Å²) in [5.41, 5.74) is 0. The van der Waals surface area contributed by atoms with Crippen molar-refractivity contribution in [1.29, 1.82) is 0 Å². The van der Waals surface area contributed by atoms with Crippen molar-refractivity contribution in [2.24, 2.45) is 0 Å². The van der Waals surface area contributed by atoms with Gasteiger partial charge in [-0.15, -0.1) is 0 Å². The number of hydrogen-bond donors (Lipinski definition) is 2. The number of rotatable bonds is 6. The Kier molecular flexibility index (Phi) is 6.67. The maximum Gasteiger partial charge on any atom is 0.330 e. The van der Waals surface area contributed by atoms with E-state index in [2.05, 4.69) is 10.1 Å². The number of methoxy groups -OCH3 is 1. The fourth-order valence-corrected chi connectivity index (χ4v) is 1.92. The summed E-state index contributed by atoms with van der Waals surface area (Å²) in [6.45, 7) is 0.298. The van der Waals surface area contributed by atoms with Crippen LogP contribution < -0.4 is 5.32 Å². The maximum absolute atomic E-state index is 11.6. The van der Waals surface area contributed by atoms with Crippen LogP contribution in [0, 0.1) is 0 Å². The lowest BCUT2D eigenvalue weighted by molar-refractivity contribution is -0.146. The molecule has 18 heavy (non-hydrogen) atoms. The number of esters is 1. The molecule has 2 atom stereocenters. The van der Waals surface area contributed by atoms with Crippen molar-refractivity contribution in [2.75, 3.05) is 20.3 Å². The largest absolute Gasteiger partial charge is 0.467 e. The molecule has 0 saturated carbocycles. The van der Waals surface area contributed by atoms with E-state index in [1.54, 1.807) is 0 Å². The zero-order valence-electron chi connectivity index (χ0n) is 10.7. The summed E-state index contributed by atoms with van der Waals surface area (Å²) < 4.78 is 9.97. The monoisotopic (exact) mass is 259 g/mol. The van der Waals surface area contributed by atoms with Crippen LogP contribution in [0.5, 0.6) is 0 Å². The summed E-state index contributed by atoms with van der Waals surface area (Å²) in [4.78, 5) is 22.8. The van der Waals surface area contributed by atoms with E-state index in [0.29, 0.717) is 6.42 Å². The molecule has 1 aliphatic rings. The molecule has 0 spiro atoms. The van der Waals surface area contributed by atoms with Gasteiger partial charge in [0, 0.05) is 13.0 Å². The molecule has 1 heterocycles. The van der Waals surface area contributed by atoms with Crippen molar-refractivity contribution in [3.05, 3.63) is 0 Å². The minimum atomic E-state index is -0.977. The number of nitrogens with one attached hydrogen (secondary N) is 1. The van der Waals surface area contributed by atoms with Gasteiger partial charge in [0.2, 0.25) is 5.91 Å². The minimum Gasteiger partial charge on any atom is -0.467 e. The molecule has 1 rings (SSSR count). The van der Waals surface area contributed by atoms with Crippen LogP contribution in [0.1, 0.15) is 32.1 Å². The van der Waals surface area contributed by atoms with Gasteiger partial charge in [0.1, 0.15) is 0 Å². The third-order valence-corrected chi connectivity index (χ3v) is 2.97. The summed E-state index contributed by atoms with van der Waals surface area (Å²) in [5.74, 6) is -0.909. The normalized spacial score (nSPS) is 21.1. The molecule has 1 saturated heterocycles. The van der Waals surface area contributed by atoms with Crippen LogP contribution in [0.2, 0.25) is 0 Å². The molecule has 1 amide bonds. The molecule has 1 fully saturated rings. The van der Waals surface area contributed by atoms with Crippen LogP contribution in [-0.2, 0) is 19.1 Å². The van der Waals surface area contributed by atoms with E-state index in [1.807, 2.05) is 0 Å². The second-order valence-electron chi connectivity index (χ2n) is 4.35. The summed E-state index contributed by atoms with van der Waals surface area (Å²) in [6, 6.07) is -0.977. The van der Waals surface area contributed by atoms with E-state index in [9.17, 15) is 9.59 Å². The van der Waals surface area contributed by atoms with Crippen molar-refractivity contribution in [1.82, 2.24) is 5.32 Å². The number of hydrogen-bond acceptors (Lipinski definition) is 5. The average molecular weight is 259 g/mol. The highest BCUT2D eigenvalue weighted by Crippen LogP contribution is 2.16. The van der Waals surface area contributed by atoms with Gasteiger partial charge in [-0.1, -0.05) is 0 Å². The van der Waals surface area contributed by atoms with Crippen molar-refractivity contribution < 1.29 is 24.2 Å². The first-order valence-electron chi connectivity index (χ1n) is 6.27. The molecule has 0 radical (unpaired) electrons. The third-order valence-electron chi connectivity index (χ3n) is 2.97. The van der Waals surface area contributed by atoms with Gasteiger partial charge in [0.05, 0.1) is 19.8 Å². The Bertz CT molecular complexity index is 276. The number of carbonyl (C=O) groups excluding carboxylic acids is 2. The Balaban J connectivity index is 2.25. The number of aliphatic hydroxyl groups excluding tert-OH is 1. The highest BCUT2D eigenvalue weighted by Gasteiger charge is 2.21. The number of aliphatic hydroxyl groups is 1. The van der Waals surface area contributed by atoms with E-state index >= 15 is 0 Å². The number of ether oxygens (including phenoxy) is 2. The van der Waals surface area contributed by atoms with Gasteiger partial charge in [-0.25, -0.2) is 4.79 Å². The Morgan fingerprint density at radius 2 is 2.28 bits per heavy atom. The second kappa shape index (κ2) is 8.05. The Morgan fingerprint density at radius 3 is 2.83 bits per heavy atom. The molecule has 1 aliphatic heterocycles. The first-order chi connectivity index (χ1) is 8.67. The van der Waals surface area contributed by atoms with Gasteiger partial charge in [-0.3, -0.25) is 4.79 Å². The van der Waals surface area contributed by atoms with Gasteiger partial charge in [-0.2, -0.15) is 0 Å². The zero-order valence-corrected chi connectivity index (χ0v) is 10.7. The van der Waals surface area contributed by atoms with Crippen molar-refractivity contribution in [3.8, 4) is 0 Å². The lowest BCUT2D eigenvalue weighted by Crippen LogP contribution is -2.44. The smallest absolute Gasteiger partial charge is 0.330 e. The molecule has 6 heteroatoms. The van der Waals surface area contributed by atoms with Crippen LogP contribution in [0.4, 0.5) is 0 Å². The molecule has 6 nitrogen and oxygen atoms in total. The van der Waals surface area contributed by atoms with E-state index < -0.39 is 18.6 Å². The predicted octanol–water partition coefficient (Wildman–Crippen LogP) is -0.0142.